The third-order valence-electron chi connectivity index (χ3n) is 4.10. The molecule has 25 heavy (non-hydrogen) atoms. The minimum absolute atomic E-state index is 0.181. The van der Waals surface area contributed by atoms with E-state index in [0.29, 0.717) is 24.5 Å². The highest BCUT2D eigenvalue weighted by atomic mass is 16.5. The molecule has 1 saturated heterocycles. The lowest BCUT2D eigenvalue weighted by atomic mass is 10.2. The molecule has 2 unspecified atom stereocenters. The van der Waals surface area contributed by atoms with Crippen molar-refractivity contribution in [2.45, 2.75) is 33.0 Å². The Labute approximate surface area is 148 Å². The van der Waals surface area contributed by atoms with Crippen LogP contribution in [0.4, 0.5) is 5.69 Å². The number of hydrogen-bond acceptors (Lipinski definition) is 5. The summed E-state index contributed by atoms with van der Waals surface area (Å²) in [5, 5.41) is 5.29. The van der Waals surface area contributed by atoms with Crippen LogP contribution < -0.4 is 15.4 Å². The van der Waals surface area contributed by atoms with Crippen LogP contribution in [0.5, 0.6) is 5.75 Å². The summed E-state index contributed by atoms with van der Waals surface area (Å²) >= 11 is 0. The first kappa shape index (κ1) is 19.2. The summed E-state index contributed by atoms with van der Waals surface area (Å²) in [6.45, 7) is 8.69. The molecule has 1 aromatic carbocycles. The highest BCUT2D eigenvalue weighted by molar-refractivity contribution is 6.39. The molecule has 1 aromatic rings. The number of morpholine rings is 1. The Kier molecular flexibility index (Phi) is 6.78. The summed E-state index contributed by atoms with van der Waals surface area (Å²) in [5.41, 5.74) is 1.42. The summed E-state index contributed by atoms with van der Waals surface area (Å²) in [6, 6.07) is 5.26. The molecule has 0 aromatic heterocycles. The highest BCUT2D eigenvalue weighted by Crippen LogP contribution is 2.20. The standard InChI is InChI=1S/C18H27N3O4/c1-12-9-15(24-4)5-6-16(12)20-18(23)17(22)19-7-8-21-10-13(2)25-14(3)11-21/h5-6,9,13-14H,7-8,10-11H2,1-4H3,(H,19,22)(H,20,23). The zero-order chi connectivity index (χ0) is 18.4. The van der Waals surface area contributed by atoms with Crippen LogP contribution in [0.3, 0.4) is 0 Å². The molecule has 0 bridgehead atoms. The number of carbonyl (C=O) groups is 2. The summed E-state index contributed by atoms with van der Waals surface area (Å²) < 4.78 is 10.8. The van der Waals surface area contributed by atoms with E-state index in [2.05, 4.69) is 15.5 Å². The van der Waals surface area contributed by atoms with Crippen molar-refractivity contribution in [3.8, 4) is 5.75 Å². The Morgan fingerprint density at radius 2 is 1.92 bits per heavy atom. The first-order valence-electron chi connectivity index (χ1n) is 8.50. The molecular formula is C18H27N3O4. The fourth-order valence-corrected chi connectivity index (χ4v) is 2.96. The molecule has 7 heteroatoms. The Bertz CT molecular complexity index is 610. The summed E-state index contributed by atoms with van der Waals surface area (Å²) in [5.74, 6) is -0.601. The SMILES string of the molecule is COc1ccc(NC(=O)C(=O)NCCN2CC(C)OC(C)C2)c(C)c1. The molecule has 2 rings (SSSR count). The number of aryl methyl sites for hydroxylation is 1. The van der Waals surface area contributed by atoms with E-state index in [-0.39, 0.29) is 12.2 Å². The molecule has 0 spiro atoms. The van der Waals surface area contributed by atoms with Crippen LogP contribution in [0.15, 0.2) is 18.2 Å². The predicted octanol–water partition coefficient (Wildman–Crippen LogP) is 1.17. The van der Waals surface area contributed by atoms with Gasteiger partial charge in [0.15, 0.2) is 0 Å². The van der Waals surface area contributed by atoms with E-state index in [1.165, 1.54) is 0 Å². The van der Waals surface area contributed by atoms with E-state index in [4.69, 9.17) is 9.47 Å². The third kappa shape index (κ3) is 5.72. The van der Waals surface area contributed by atoms with E-state index in [1.807, 2.05) is 20.8 Å². The lowest BCUT2D eigenvalue weighted by Crippen LogP contribution is -2.48. The van der Waals surface area contributed by atoms with E-state index < -0.39 is 11.8 Å². The molecular weight excluding hydrogens is 322 g/mol. The smallest absolute Gasteiger partial charge is 0.313 e. The van der Waals surface area contributed by atoms with Gasteiger partial charge in [-0.3, -0.25) is 14.5 Å². The molecule has 2 atom stereocenters. The van der Waals surface area contributed by atoms with Crippen molar-refractivity contribution >= 4 is 17.5 Å². The first-order chi connectivity index (χ1) is 11.9. The number of amides is 2. The molecule has 0 saturated carbocycles. The van der Waals surface area contributed by atoms with Crippen molar-refractivity contribution in [1.29, 1.82) is 0 Å². The largest absolute Gasteiger partial charge is 0.497 e. The van der Waals surface area contributed by atoms with Gasteiger partial charge >= 0.3 is 11.8 Å². The predicted molar refractivity (Wildman–Crippen MR) is 95.8 cm³/mol. The van der Waals surface area contributed by atoms with Crippen molar-refractivity contribution < 1.29 is 19.1 Å². The van der Waals surface area contributed by atoms with Crippen LogP contribution in [0.2, 0.25) is 0 Å². The average Bonchev–Trinajstić information content (AvgIpc) is 2.55. The highest BCUT2D eigenvalue weighted by Gasteiger charge is 2.22. The fourth-order valence-electron chi connectivity index (χ4n) is 2.96. The Hall–Kier alpha value is -2.12. The Balaban J connectivity index is 1.78. The number of rotatable bonds is 5. The molecule has 138 valence electrons. The number of nitrogens with one attached hydrogen (secondary N) is 2. The zero-order valence-electron chi connectivity index (χ0n) is 15.3. The number of carbonyl (C=O) groups excluding carboxylic acids is 2. The van der Waals surface area contributed by atoms with Crippen molar-refractivity contribution in [2.75, 3.05) is 38.6 Å². The second kappa shape index (κ2) is 8.82. The summed E-state index contributed by atoms with van der Waals surface area (Å²) in [6.07, 6.45) is 0.363. The van der Waals surface area contributed by atoms with Gasteiger partial charge in [-0.15, -0.1) is 0 Å². The minimum atomic E-state index is -0.669. The van der Waals surface area contributed by atoms with Gasteiger partial charge < -0.3 is 20.1 Å². The zero-order valence-corrected chi connectivity index (χ0v) is 15.3. The van der Waals surface area contributed by atoms with Crippen molar-refractivity contribution in [1.82, 2.24) is 10.2 Å². The molecule has 7 nitrogen and oxygen atoms in total. The lowest BCUT2D eigenvalue weighted by molar-refractivity contribution is -0.136. The van der Waals surface area contributed by atoms with Gasteiger partial charge in [-0.1, -0.05) is 0 Å². The Morgan fingerprint density at radius 1 is 1.24 bits per heavy atom. The maximum Gasteiger partial charge on any atom is 0.313 e. The van der Waals surface area contributed by atoms with Gasteiger partial charge in [0.1, 0.15) is 5.75 Å². The lowest BCUT2D eigenvalue weighted by Gasteiger charge is -2.35. The number of methoxy groups -OCH3 is 1. The normalized spacial score (nSPS) is 20.8. The van der Waals surface area contributed by atoms with Gasteiger partial charge in [0, 0.05) is 31.9 Å². The van der Waals surface area contributed by atoms with Crippen LogP contribution in [0.25, 0.3) is 0 Å². The first-order valence-corrected chi connectivity index (χ1v) is 8.50. The summed E-state index contributed by atoms with van der Waals surface area (Å²) in [7, 11) is 1.58. The van der Waals surface area contributed by atoms with Gasteiger partial charge in [-0.25, -0.2) is 0 Å². The number of ether oxygens (including phenoxy) is 2. The van der Waals surface area contributed by atoms with Crippen LogP contribution in [0.1, 0.15) is 19.4 Å². The average molecular weight is 349 g/mol. The number of nitrogens with zero attached hydrogens (tertiary/aromatic N) is 1. The molecule has 2 N–H and O–H groups in total. The Morgan fingerprint density at radius 3 is 2.52 bits per heavy atom. The molecule has 0 radical (unpaired) electrons. The maximum atomic E-state index is 12.0. The number of anilines is 1. The van der Waals surface area contributed by atoms with E-state index in [1.54, 1.807) is 25.3 Å². The second-order valence-electron chi connectivity index (χ2n) is 6.41. The van der Waals surface area contributed by atoms with Gasteiger partial charge in [-0.2, -0.15) is 0 Å². The molecule has 1 aliphatic heterocycles. The topological polar surface area (TPSA) is 79.9 Å². The molecule has 2 amide bonds. The van der Waals surface area contributed by atoms with Gasteiger partial charge in [-0.05, 0) is 44.5 Å². The monoisotopic (exact) mass is 349 g/mol. The van der Waals surface area contributed by atoms with Crippen LogP contribution in [-0.2, 0) is 14.3 Å². The van der Waals surface area contributed by atoms with Gasteiger partial charge in [0.2, 0.25) is 0 Å². The summed E-state index contributed by atoms with van der Waals surface area (Å²) in [4.78, 5) is 26.2. The van der Waals surface area contributed by atoms with E-state index in [9.17, 15) is 9.59 Å². The van der Waals surface area contributed by atoms with Crippen molar-refractivity contribution in [3.63, 3.8) is 0 Å². The molecule has 1 aliphatic rings. The van der Waals surface area contributed by atoms with Crippen molar-refractivity contribution in [2.24, 2.45) is 0 Å². The van der Waals surface area contributed by atoms with Gasteiger partial charge in [0.05, 0.1) is 19.3 Å². The van der Waals surface area contributed by atoms with Crippen LogP contribution in [-0.4, -0.2) is 62.2 Å². The third-order valence-corrected chi connectivity index (χ3v) is 4.10. The van der Waals surface area contributed by atoms with Crippen LogP contribution >= 0.6 is 0 Å². The van der Waals surface area contributed by atoms with E-state index in [0.717, 1.165) is 18.7 Å². The number of benzene rings is 1. The maximum absolute atomic E-state index is 12.0. The van der Waals surface area contributed by atoms with Crippen LogP contribution in [0, 0.1) is 6.92 Å². The molecule has 1 fully saturated rings. The molecule has 1 heterocycles. The van der Waals surface area contributed by atoms with Gasteiger partial charge in [0.25, 0.3) is 0 Å². The number of hydrogen-bond donors (Lipinski definition) is 2. The minimum Gasteiger partial charge on any atom is -0.497 e. The fraction of sp³-hybridized carbons (Fsp3) is 0.556. The quantitative estimate of drug-likeness (QED) is 0.780. The molecule has 0 aliphatic carbocycles. The second-order valence-corrected chi connectivity index (χ2v) is 6.41. The van der Waals surface area contributed by atoms with Crippen molar-refractivity contribution in [3.05, 3.63) is 23.8 Å². The van der Waals surface area contributed by atoms with E-state index >= 15 is 0 Å².